The first-order chi connectivity index (χ1) is 29.0. The third-order valence-corrected chi connectivity index (χ3v) is 10.7. The fraction of sp³-hybridized carbons (Fsp3) is 0.341. The van der Waals surface area contributed by atoms with Crippen LogP contribution in [-0.2, 0) is 25.5 Å². The molecule has 0 bridgehead atoms. The summed E-state index contributed by atoms with van der Waals surface area (Å²) < 4.78 is 15.7. The molecule has 312 valence electrons. The number of ether oxygens (including phenoxy) is 2. The Labute approximate surface area is 345 Å². The Kier molecular flexibility index (Phi) is 12.6. The molecule has 1 fully saturated rings. The normalized spacial score (nSPS) is 14.9. The summed E-state index contributed by atoms with van der Waals surface area (Å²) in [5, 5.41) is 9.01. The smallest absolute Gasteiger partial charge is 0.407 e. The Morgan fingerprint density at radius 1 is 0.850 bits per heavy atom. The van der Waals surface area contributed by atoms with Crippen molar-refractivity contribution in [3.05, 3.63) is 107 Å². The summed E-state index contributed by atoms with van der Waals surface area (Å²) in [6.07, 6.45) is 5.70. The minimum Gasteiger partial charge on any atom is -0.456 e. The number of imidazole rings is 2. The zero-order chi connectivity index (χ0) is 42.3. The number of hydrogen-bond acceptors (Lipinski definition) is 10. The molecule has 6 aromatic rings. The first kappa shape index (κ1) is 41.2. The van der Waals surface area contributed by atoms with Crippen molar-refractivity contribution in [1.29, 1.82) is 0 Å². The van der Waals surface area contributed by atoms with Gasteiger partial charge in [0.05, 0.1) is 54.8 Å². The van der Waals surface area contributed by atoms with E-state index in [1.165, 1.54) is 14.2 Å². The van der Waals surface area contributed by atoms with Crippen molar-refractivity contribution in [2.75, 3.05) is 27.3 Å². The number of hydrogen-bond donors (Lipinski definition) is 5. The number of alkyl carbamates (subject to hydrolysis) is 2. The summed E-state index contributed by atoms with van der Waals surface area (Å²) in [7, 11) is 2.52. The molecule has 16 nitrogen and oxygen atoms in total. The largest absolute Gasteiger partial charge is 0.456 e. The van der Waals surface area contributed by atoms with E-state index in [0.29, 0.717) is 71.4 Å². The maximum absolute atomic E-state index is 13.8. The Balaban J connectivity index is 0.989. The van der Waals surface area contributed by atoms with Gasteiger partial charge in [-0.15, -0.1) is 0 Å². The average molecular weight is 817 g/mol. The molecule has 1 saturated heterocycles. The first-order valence-corrected chi connectivity index (χ1v) is 20.0. The van der Waals surface area contributed by atoms with Crippen LogP contribution in [0.4, 0.5) is 9.59 Å². The summed E-state index contributed by atoms with van der Waals surface area (Å²) in [5.74, 6) is 0.744. The van der Waals surface area contributed by atoms with E-state index in [0.717, 1.165) is 35.5 Å². The zero-order valence-electron chi connectivity index (χ0n) is 33.9. The van der Waals surface area contributed by atoms with Gasteiger partial charge in [0, 0.05) is 30.6 Å². The molecule has 4 amide bonds. The molecule has 3 aromatic heterocycles. The second-order valence-corrected chi connectivity index (χ2v) is 15.1. The van der Waals surface area contributed by atoms with Gasteiger partial charge in [0.2, 0.25) is 17.2 Å². The monoisotopic (exact) mass is 816 g/mol. The number of amides is 4. The number of fused-ring (bicyclic) bond motifs is 2. The minimum absolute atomic E-state index is 0.146. The third-order valence-electron chi connectivity index (χ3n) is 10.7. The number of unbranched alkanes of at least 4 members (excludes halogenated alkanes) is 1. The molecule has 3 unspecified atom stereocenters. The van der Waals surface area contributed by atoms with Gasteiger partial charge in [0.25, 0.3) is 0 Å². The summed E-state index contributed by atoms with van der Waals surface area (Å²) in [6.45, 7) is 4.70. The molecule has 0 spiro atoms. The molecule has 3 atom stereocenters. The summed E-state index contributed by atoms with van der Waals surface area (Å²) in [4.78, 5) is 81.8. The van der Waals surface area contributed by atoms with Crippen LogP contribution in [-0.4, -0.2) is 82.2 Å². The lowest BCUT2D eigenvalue weighted by Gasteiger charge is -2.30. The molecule has 0 aliphatic carbocycles. The molecule has 1 aliphatic heterocycles. The Morgan fingerprint density at radius 3 is 2.33 bits per heavy atom. The molecule has 4 heterocycles. The van der Waals surface area contributed by atoms with Gasteiger partial charge in [0.1, 0.15) is 34.9 Å². The van der Waals surface area contributed by atoms with Crippen molar-refractivity contribution in [3.8, 4) is 22.5 Å². The highest BCUT2D eigenvalue weighted by atomic mass is 16.5. The number of carbonyl (C=O) groups excluding carboxylic acids is 4. The number of rotatable bonds is 14. The Hall–Kier alpha value is -6.97. The van der Waals surface area contributed by atoms with Crippen LogP contribution in [0.5, 0.6) is 0 Å². The number of methoxy groups -OCH3 is 2. The van der Waals surface area contributed by atoms with Crippen LogP contribution < -0.4 is 21.4 Å². The van der Waals surface area contributed by atoms with E-state index >= 15 is 0 Å². The standard InChI is InChI=1S/C44H48N8O8/c1-25(2)37(50-43(56)58-3)42(55)52-20-10-13-33(52)40-47-24-32(49-40)27-16-18-34-30(21-27)39(53)29-17-15-28(22-35(29)60-34)31-23-46-36(48-31)14-8-9-19-45-41(54)38(51-44(57)59-4)26-11-6-5-7-12-26/h5-7,11-12,15-18,21-25,33,37-38H,8-10,13-14,19-20H2,1-4H3,(H,45,54)(H,46,48)(H,47,49)(H,50,56)(H,51,57). The lowest BCUT2D eigenvalue weighted by Crippen LogP contribution is -2.51. The number of aromatic nitrogens is 4. The Bertz CT molecular complexity index is 2560. The van der Waals surface area contributed by atoms with E-state index in [1.807, 2.05) is 38.1 Å². The lowest BCUT2D eigenvalue weighted by atomic mass is 10.0. The van der Waals surface area contributed by atoms with Gasteiger partial charge in [-0.25, -0.2) is 19.6 Å². The summed E-state index contributed by atoms with van der Waals surface area (Å²) >= 11 is 0. The predicted molar refractivity (Wildman–Crippen MR) is 224 cm³/mol. The minimum atomic E-state index is -0.873. The summed E-state index contributed by atoms with van der Waals surface area (Å²) in [5.41, 5.74) is 4.38. The zero-order valence-corrected chi connectivity index (χ0v) is 33.9. The van der Waals surface area contributed by atoms with Crippen LogP contribution in [0.15, 0.2) is 88.3 Å². The molecule has 3 aromatic carbocycles. The molecule has 5 N–H and O–H groups in total. The van der Waals surface area contributed by atoms with Gasteiger partial charge >= 0.3 is 12.2 Å². The molecular weight excluding hydrogens is 769 g/mol. The highest BCUT2D eigenvalue weighted by Gasteiger charge is 2.37. The SMILES string of the molecule is COC(=O)NC(C(=O)NCCCCc1ncc(-c2ccc3c(=O)c4cc(-c5cnc(C6CCCN6C(=O)C(NC(=O)OC)C(C)C)[nH]5)ccc4oc3c2)[nH]1)c1ccccc1. The predicted octanol–water partition coefficient (Wildman–Crippen LogP) is 6.31. The molecule has 0 radical (unpaired) electrons. The highest BCUT2D eigenvalue weighted by Crippen LogP contribution is 2.34. The van der Waals surface area contributed by atoms with Gasteiger partial charge in [0.15, 0.2) is 0 Å². The number of aromatic amines is 2. The van der Waals surface area contributed by atoms with Crippen molar-refractivity contribution < 1.29 is 33.1 Å². The van der Waals surface area contributed by atoms with Crippen LogP contribution in [0.2, 0.25) is 0 Å². The van der Waals surface area contributed by atoms with Crippen LogP contribution in [0.25, 0.3) is 44.5 Å². The second kappa shape index (κ2) is 18.3. The number of H-pyrrole nitrogens is 2. The third kappa shape index (κ3) is 9.02. The molecular formula is C44H48N8O8. The topological polar surface area (TPSA) is 214 Å². The van der Waals surface area contributed by atoms with Gasteiger partial charge < -0.3 is 44.7 Å². The molecule has 16 heteroatoms. The maximum Gasteiger partial charge on any atom is 0.407 e. The number of nitrogens with one attached hydrogen (secondary N) is 5. The average Bonchev–Trinajstić information content (AvgIpc) is 4.06. The van der Waals surface area contributed by atoms with Crippen molar-refractivity contribution in [3.63, 3.8) is 0 Å². The van der Waals surface area contributed by atoms with Crippen LogP contribution >= 0.6 is 0 Å². The number of benzene rings is 3. The molecule has 0 saturated carbocycles. The highest BCUT2D eigenvalue weighted by molar-refractivity contribution is 5.93. The number of likely N-dealkylation sites (tertiary alicyclic amines) is 1. The lowest BCUT2D eigenvalue weighted by molar-refractivity contribution is -0.135. The second-order valence-electron chi connectivity index (χ2n) is 15.1. The van der Waals surface area contributed by atoms with E-state index in [9.17, 15) is 24.0 Å². The molecule has 1 aliphatic rings. The van der Waals surface area contributed by atoms with Crippen molar-refractivity contribution in [2.24, 2.45) is 5.92 Å². The fourth-order valence-corrected chi connectivity index (χ4v) is 7.52. The molecule has 60 heavy (non-hydrogen) atoms. The number of nitrogens with zero attached hydrogens (tertiary/aromatic N) is 3. The van der Waals surface area contributed by atoms with E-state index in [4.69, 9.17) is 13.9 Å². The fourth-order valence-electron chi connectivity index (χ4n) is 7.52. The van der Waals surface area contributed by atoms with Gasteiger partial charge in [-0.05, 0) is 67.5 Å². The van der Waals surface area contributed by atoms with E-state index < -0.39 is 24.3 Å². The first-order valence-electron chi connectivity index (χ1n) is 20.0. The van der Waals surface area contributed by atoms with Crippen molar-refractivity contribution >= 4 is 45.9 Å². The van der Waals surface area contributed by atoms with E-state index in [-0.39, 0.29) is 29.2 Å². The van der Waals surface area contributed by atoms with Gasteiger partial charge in [-0.3, -0.25) is 14.4 Å². The van der Waals surface area contributed by atoms with Crippen LogP contribution in [0, 0.1) is 5.92 Å². The number of carbonyl (C=O) groups is 4. The van der Waals surface area contributed by atoms with Crippen molar-refractivity contribution in [1.82, 2.24) is 40.8 Å². The molecule has 7 rings (SSSR count). The van der Waals surface area contributed by atoms with Crippen LogP contribution in [0.3, 0.4) is 0 Å². The number of aryl methyl sites for hydroxylation is 1. The van der Waals surface area contributed by atoms with Crippen LogP contribution in [0.1, 0.15) is 68.8 Å². The van der Waals surface area contributed by atoms with E-state index in [2.05, 4.69) is 35.9 Å². The van der Waals surface area contributed by atoms with Crippen molar-refractivity contribution in [2.45, 2.75) is 64.1 Å². The maximum atomic E-state index is 13.8. The quantitative estimate of drug-likeness (QED) is 0.0611. The Morgan fingerprint density at radius 2 is 1.57 bits per heavy atom. The summed E-state index contributed by atoms with van der Waals surface area (Å²) in [6, 6.07) is 17.9. The van der Waals surface area contributed by atoms with E-state index in [1.54, 1.807) is 59.8 Å². The van der Waals surface area contributed by atoms with Gasteiger partial charge in [-0.2, -0.15) is 0 Å². The van der Waals surface area contributed by atoms with Gasteiger partial charge in [-0.1, -0.05) is 50.2 Å².